The van der Waals surface area contributed by atoms with Gasteiger partial charge in [-0.1, -0.05) is 49.4 Å². The molecule has 0 amide bonds. The second-order valence-corrected chi connectivity index (χ2v) is 7.70. The monoisotopic (exact) mass is 342 g/mol. The van der Waals surface area contributed by atoms with Crippen molar-refractivity contribution in [1.82, 2.24) is 0 Å². The van der Waals surface area contributed by atoms with Gasteiger partial charge in [0.15, 0.2) is 9.84 Å². The molecule has 4 nitrogen and oxygen atoms in total. The average molecular weight is 342 g/mol. The molecule has 1 heterocycles. The summed E-state index contributed by atoms with van der Waals surface area (Å²) in [7, 11) is -3.65. The Labute approximate surface area is 140 Å². The molecule has 0 atom stereocenters. The lowest BCUT2D eigenvalue weighted by Gasteiger charge is -2.11. The molecular formula is C19H18O4S. The molecule has 0 bridgehead atoms. The minimum Gasteiger partial charge on any atom is -0.428 e. The van der Waals surface area contributed by atoms with Gasteiger partial charge in [-0.05, 0) is 35.7 Å². The van der Waals surface area contributed by atoms with Crippen molar-refractivity contribution in [3.05, 3.63) is 75.8 Å². The van der Waals surface area contributed by atoms with Crippen molar-refractivity contribution in [2.75, 3.05) is 0 Å². The molecule has 124 valence electrons. The molecule has 0 aliphatic heterocycles. The Balaban J connectivity index is 2.14. The van der Waals surface area contributed by atoms with Crippen LogP contribution in [0.4, 0.5) is 0 Å². The summed E-state index contributed by atoms with van der Waals surface area (Å²) in [5.41, 5.74) is 0.357. The van der Waals surface area contributed by atoms with Crippen molar-refractivity contribution in [1.29, 1.82) is 0 Å². The highest BCUT2D eigenvalue weighted by Crippen LogP contribution is 2.25. The summed E-state index contributed by atoms with van der Waals surface area (Å²) in [5.74, 6) is 0.151. The van der Waals surface area contributed by atoms with Gasteiger partial charge in [0, 0.05) is 0 Å². The maximum absolute atomic E-state index is 12.9. The average Bonchev–Trinajstić information content (AvgIpc) is 2.54. The first-order valence-electron chi connectivity index (χ1n) is 7.75. The maximum Gasteiger partial charge on any atom is 0.340 e. The number of benzene rings is 2. The zero-order valence-electron chi connectivity index (χ0n) is 13.6. The molecule has 0 N–H and O–H groups in total. The van der Waals surface area contributed by atoms with E-state index in [1.807, 2.05) is 42.5 Å². The summed E-state index contributed by atoms with van der Waals surface area (Å²) in [6, 6.07) is 14.7. The smallest absolute Gasteiger partial charge is 0.340 e. The normalized spacial score (nSPS) is 11.8. The minimum absolute atomic E-state index is 0.0756. The van der Waals surface area contributed by atoms with Crippen LogP contribution >= 0.6 is 0 Å². The summed E-state index contributed by atoms with van der Waals surface area (Å²) in [6.07, 6.45) is 0.312. The van der Waals surface area contributed by atoms with Gasteiger partial charge in [0.1, 0.15) is 5.76 Å². The Hall–Kier alpha value is -2.40. The number of rotatable bonds is 4. The Morgan fingerprint density at radius 3 is 2.50 bits per heavy atom. The molecule has 0 radical (unpaired) electrons. The number of sulfone groups is 1. The van der Waals surface area contributed by atoms with Gasteiger partial charge in [-0.25, -0.2) is 13.2 Å². The third-order valence-electron chi connectivity index (χ3n) is 4.05. The lowest BCUT2D eigenvalue weighted by Crippen LogP contribution is -2.16. The van der Waals surface area contributed by atoms with Crippen molar-refractivity contribution >= 4 is 20.6 Å². The molecule has 0 aliphatic carbocycles. The van der Waals surface area contributed by atoms with E-state index in [2.05, 4.69) is 0 Å². The van der Waals surface area contributed by atoms with E-state index in [0.717, 1.165) is 16.3 Å². The van der Waals surface area contributed by atoms with Gasteiger partial charge in [-0.2, -0.15) is 0 Å². The Bertz CT molecular complexity index is 1060. The van der Waals surface area contributed by atoms with Gasteiger partial charge in [0.2, 0.25) is 0 Å². The first-order chi connectivity index (χ1) is 11.4. The number of fused-ring (bicyclic) bond motifs is 1. The van der Waals surface area contributed by atoms with Crippen LogP contribution in [-0.4, -0.2) is 8.42 Å². The van der Waals surface area contributed by atoms with Crippen molar-refractivity contribution in [2.45, 2.75) is 30.9 Å². The van der Waals surface area contributed by atoms with Crippen LogP contribution in [0.1, 0.15) is 23.8 Å². The van der Waals surface area contributed by atoms with Crippen LogP contribution in [0, 0.1) is 6.92 Å². The second kappa shape index (κ2) is 6.24. The second-order valence-electron chi connectivity index (χ2n) is 5.74. The van der Waals surface area contributed by atoms with Crippen LogP contribution in [0.15, 0.2) is 62.6 Å². The van der Waals surface area contributed by atoms with Gasteiger partial charge in [-0.3, -0.25) is 0 Å². The maximum atomic E-state index is 12.9. The van der Waals surface area contributed by atoms with E-state index in [9.17, 15) is 13.2 Å². The molecule has 0 spiro atoms. The summed E-state index contributed by atoms with van der Waals surface area (Å²) in [4.78, 5) is 12.0. The predicted molar refractivity (Wildman–Crippen MR) is 93.9 cm³/mol. The van der Waals surface area contributed by atoms with E-state index in [1.165, 1.54) is 6.07 Å². The SMILES string of the molecule is CCc1c(S(=O)(=O)Cc2cccc3ccccc23)cc(C)oc1=O. The zero-order chi connectivity index (χ0) is 17.3. The summed E-state index contributed by atoms with van der Waals surface area (Å²) < 4.78 is 30.9. The third-order valence-corrected chi connectivity index (χ3v) is 5.77. The van der Waals surface area contributed by atoms with E-state index in [0.29, 0.717) is 12.2 Å². The van der Waals surface area contributed by atoms with Gasteiger partial charge >= 0.3 is 5.63 Å². The Morgan fingerprint density at radius 1 is 1.04 bits per heavy atom. The molecule has 1 aromatic heterocycles. The quantitative estimate of drug-likeness (QED) is 0.726. The number of hydrogen-bond acceptors (Lipinski definition) is 4. The minimum atomic E-state index is -3.65. The van der Waals surface area contributed by atoms with Crippen LogP contribution in [0.25, 0.3) is 10.8 Å². The molecule has 0 unspecified atom stereocenters. The standard InChI is InChI=1S/C19H18O4S/c1-3-16-18(11-13(2)23-19(16)20)24(21,22)12-15-9-6-8-14-7-4-5-10-17(14)15/h4-11H,3,12H2,1-2H3. The first kappa shape index (κ1) is 16.5. The molecule has 3 aromatic rings. The highest BCUT2D eigenvalue weighted by atomic mass is 32.2. The molecular weight excluding hydrogens is 324 g/mol. The summed E-state index contributed by atoms with van der Waals surface area (Å²) >= 11 is 0. The fraction of sp³-hybridized carbons (Fsp3) is 0.211. The topological polar surface area (TPSA) is 64.3 Å². The first-order valence-corrected chi connectivity index (χ1v) is 9.40. The van der Waals surface area contributed by atoms with Crippen LogP contribution in [0.5, 0.6) is 0 Å². The van der Waals surface area contributed by atoms with Crippen molar-refractivity contribution in [3.8, 4) is 0 Å². The van der Waals surface area contributed by atoms with E-state index in [4.69, 9.17) is 4.42 Å². The molecule has 0 aliphatic rings. The molecule has 2 aromatic carbocycles. The van der Waals surface area contributed by atoms with E-state index in [1.54, 1.807) is 13.8 Å². The van der Waals surface area contributed by atoms with Crippen LogP contribution < -0.4 is 5.63 Å². The molecule has 0 fully saturated rings. The molecule has 0 saturated carbocycles. The van der Waals surface area contributed by atoms with E-state index < -0.39 is 15.5 Å². The van der Waals surface area contributed by atoms with E-state index >= 15 is 0 Å². The van der Waals surface area contributed by atoms with Crippen molar-refractivity contribution in [3.63, 3.8) is 0 Å². The van der Waals surface area contributed by atoms with Crippen LogP contribution in [-0.2, 0) is 22.0 Å². The van der Waals surface area contributed by atoms with Gasteiger partial charge in [0.05, 0.1) is 16.2 Å². The molecule has 5 heteroatoms. The Morgan fingerprint density at radius 2 is 1.75 bits per heavy atom. The number of hydrogen-bond donors (Lipinski definition) is 0. The summed E-state index contributed by atoms with van der Waals surface area (Å²) in [5, 5.41) is 1.89. The fourth-order valence-electron chi connectivity index (χ4n) is 2.91. The predicted octanol–water partition coefficient (Wildman–Crippen LogP) is 3.64. The lowest BCUT2D eigenvalue weighted by molar-refractivity contribution is 0.464. The van der Waals surface area contributed by atoms with Gasteiger partial charge in [0.25, 0.3) is 0 Å². The summed E-state index contributed by atoms with van der Waals surface area (Å²) in [6.45, 7) is 3.33. The Kier molecular flexibility index (Phi) is 4.28. The van der Waals surface area contributed by atoms with E-state index in [-0.39, 0.29) is 16.2 Å². The fourth-order valence-corrected chi connectivity index (χ4v) is 4.67. The zero-order valence-corrected chi connectivity index (χ0v) is 14.4. The molecule has 3 rings (SSSR count). The van der Waals surface area contributed by atoms with Gasteiger partial charge in [-0.15, -0.1) is 0 Å². The van der Waals surface area contributed by atoms with Crippen molar-refractivity contribution < 1.29 is 12.8 Å². The lowest BCUT2D eigenvalue weighted by atomic mass is 10.1. The molecule has 24 heavy (non-hydrogen) atoms. The highest BCUT2D eigenvalue weighted by molar-refractivity contribution is 7.90. The molecule has 0 saturated heterocycles. The van der Waals surface area contributed by atoms with Crippen LogP contribution in [0.3, 0.4) is 0 Å². The third kappa shape index (κ3) is 2.99. The van der Waals surface area contributed by atoms with Gasteiger partial charge < -0.3 is 4.42 Å². The van der Waals surface area contributed by atoms with Crippen LogP contribution in [0.2, 0.25) is 0 Å². The highest BCUT2D eigenvalue weighted by Gasteiger charge is 2.23. The number of aryl methyl sites for hydroxylation is 1. The van der Waals surface area contributed by atoms with Crippen molar-refractivity contribution in [2.24, 2.45) is 0 Å². The largest absolute Gasteiger partial charge is 0.428 e.